The first-order valence-electron chi connectivity index (χ1n) is 19.1. The van der Waals surface area contributed by atoms with Gasteiger partial charge in [0.15, 0.2) is 0 Å². The van der Waals surface area contributed by atoms with Crippen molar-refractivity contribution in [2.45, 2.75) is 25.7 Å². The third kappa shape index (κ3) is 6.00. The van der Waals surface area contributed by atoms with E-state index in [4.69, 9.17) is 0 Å². The normalized spacial score (nSPS) is 17.1. The Bertz CT molecular complexity index is 2950. The van der Waals surface area contributed by atoms with Crippen LogP contribution in [0.15, 0.2) is 189 Å². The molecule has 1 atom stereocenters. The molecule has 0 fully saturated rings. The Kier molecular flexibility index (Phi) is 8.95. The number of rotatable bonds is 6. The molecule has 0 saturated carbocycles. The van der Waals surface area contributed by atoms with Gasteiger partial charge in [-0.2, -0.15) is 0 Å². The lowest BCUT2D eigenvalue weighted by atomic mass is 9.84. The molecule has 0 radical (unpaired) electrons. The Hall–Kier alpha value is -6.50. The fraction of sp³-hybridized carbons (Fsp3) is 0.0741. The van der Waals surface area contributed by atoms with Crippen molar-refractivity contribution in [2.24, 2.45) is 0 Å². The molecule has 0 bridgehead atoms. The van der Waals surface area contributed by atoms with Gasteiger partial charge in [0.1, 0.15) is 0 Å². The molecule has 0 aromatic heterocycles. The van der Waals surface area contributed by atoms with E-state index in [1.54, 1.807) is 0 Å². The summed E-state index contributed by atoms with van der Waals surface area (Å²) in [5.74, 6) is 0.264. The summed E-state index contributed by atoms with van der Waals surface area (Å²) in [5.41, 5.74) is 8.92. The maximum Gasteiger partial charge on any atom is -0.000710 e. The number of benzene rings is 8. The zero-order valence-corrected chi connectivity index (χ0v) is 30.7. The highest BCUT2D eigenvalue weighted by Gasteiger charge is 2.18. The predicted octanol–water partition coefficient (Wildman–Crippen LogP) is 13.1. The molecule has 0 heteroatoms. The van der Waals surface area contributed by atoms with Crippen molar-refractivity contribution in [3.63, 3.8) is 0 Å². The molecule has 54 heavy (non-hydrogen) atoms. The van der Waals surface area contributed by atoms with Crippen LogP contribution in [0.2, 0.25) is 0 Å². The van der Waals surface area contributed by atoms with E-state index < -0.39 is 0 Å². The topological polar surface area (TPSA) is 0 Å². The van der Waals surface area contributed by atoms with Crippen LogP contribution < -0.4 is 10.4 Å². The molecule has 0 heterocycles. The van der Waals surface area contributed by atoms with Gasteiger partial charge >= 0.3 is 0 Å². The zero-order valence-electron chi connectivity index (χ0n) is 30.7. The van der Waals surface area contributed by atoms with Crippen LogP contribution in [0.4, 0.5) is 0 Å². The maximum absolute atomic E-state index is 4.36. The quantitative estimate of drug-likeness (QED) is 0.152. The lowest BCUT2D eigenvalue weighted by Crippen LogP contribution is -2.30. The minimum absolute atomic E-state index is 0.264. The minimum Gasteiger partial charge on any atom is -0.0984 e. The lowest BCUT2D eigenvalue weighted by molar-refractivity contribution is 0.973. The third-order valence-corrected chi connectivity index (χ3v) is 11.2. The first-order valence-corrected chi connectivity index (χ1v) is 19.1. The van der Waals surface area contributed by atoms with Crippen molar-refractivity contribution in [1.29, 1.82) is 0 Å². The van der Waals surface area contributed by atoms with Crippen LogP contribution >= 0.6 is 0 Å². The summed E-state index contributed by atoms with van der Waals surface area (Å²) in [4.78, 5) is 0. The van der Waals surface area contributed by atoms with Gasteiger partial charge in [-0.1, -0.05) is 196 Å². The van der Waals surface area contributed by atoms with Crippen LogP contribution in [0.1, 0.15) is 53.5 Å². The van der Waals surface area contributed by atoms with Gasteiger partial charge in [0.05, 0.1) is 0 Å². The average Bonchev–Trinajstić information content (AvgIpc) is 3.23. The second-order valence-electron chi connectivity index (χ2n) is 14.4. The lowest BCUT2D eigenvalue weighted by Gasteiger charge is -2.20. The highest BCUT2D eigenvalue weighted by molar-refractivity contribution is 6.24. The molecule has 0 nitrogen and oxygen atoms in total. The average molecular weight is 691 g/mol. The van der Waals surface area contributed by atoms with E-state index in [0.29, 0.717) is 0 Å². The Morgan fingerprint density at radius 2 is 1.13 bits per heavy atom. The molecule has 1 unspecified atom stereocenters. The predicted molar refractivity (Wildman–Crippen MR) is 235 cm³/mol. The van der Waals surface area contributed by atoms with E-state index in [1.165, 1.54) is 92.5 Å². The largest absolute Gasteiger partial charge is 0.0984 e. The van der Waals surface area contributed by atoms with E-state index in [9.17, 15) is 0 Å². The van der Waals surface area contributed by atoms with Crippen LogP contribution in [-0.4, -0.2) is 0 Å². The Morgan fingerprint density at radius 1 is 0.519 bits per heavy atom. The monoisotopic (exact) mass is 690 g/mol. The van der Waals surface area contributed by atoms with Gasteiger partial charge in [-0.15, -0.1) is 0 Å². The van der Waals surface area contributed by atoms with Gasteiger partial charge in [0, 0.05) is 0 Å². The fourth-order valence-electron chi connectivity index (χ4n) is 8.53. The molecule has 0 N–H and O–H groups in total. The van der Waals surface area contributed by atoms with Gasteiger partial charge in [-0.25, -0.2) is 0 Å². The van der Waals surface area contributed by atoms with Crippen LogP contribution in [0.5, 0.6) is 0 Å². The van der Waals surface area contributed by atoms with Gasteiger partial charge < -0.3 is 0 Å². The smallest absolute Gasteiger partial charge is 0.000710 e. The van der Waals surface area contributed by atoms with Crippen molar-refractivity contribution in [1.82, 2.24) is 0 Å². The van der Waals surface area contributed by atoms with Crippen molar-refractivity contribution >= 4 is 66.4 Å². The summed E-state index contributed by atoms with van der Waals surface area (Å²) in [7, 11) is 0. The highest BCUT2D eigenvalue weighted by atomic mass is 14.2. The molecule has 0 spiro atoms. The summed E-state index contributed by atoms with van der Waals surface area (Å²) in [6, 6.07) is 55.8. The molecule has 0 saturated heterocycles. The standard InChI is InChI=1S/C54H42/c1-3-42-44-25-13-16-28-48(44)53-36-52(49-29-17-18-30-50(49)54(53)51(42)34-31-37(2)38-19-7-6-8-20-38)47-24-10-5-4-9-23-43(45-26-14-15-27-46(45)47)41-33-32-39-21-11-12-22-40(39)35-41/h3-22,25-37H,1,23-24H2,2H3/b9-4-,10-5-,34-31-,45-43+,47-46+. The van der Waals surface area contributed by atoms with Crippen LogP contribution in [0.3, 0.4) is 0 Å². The van der Waals surface area contributed by atoms with E-state index in [1.807, 2.05) is 6.08 Å². The van der Waals surface area contributed by atoms with E-state index in [-0.39, 0.29) is 5.92 Å². The van der Waals surface area contributed by atoms with Crippen LogP contribution in [0.25, 0.3) is 66.4 Å². The second kappa shape index (κ2) is 14.5. The molecule has 8 aromatic rings. The van der Waals surface area contributed by atoms with Crippen LogP contribution in [0, 0.1) is 0 Å². The summed E-state index contributed by atoms with van der Waals surface area (Å²) in [5, 5.41) is 12.6. The fourth-order valence-corrected chi connectivity index (χ4v) is 8.53. The molecule has 0 amide bonds. The Balaban J connectivity index is 1.39. The first kappa shape index (κ1) is 33.3. The number of fused-ring (bicyclic) bond motifs is 7. The van der Waals surface area contributed by atoms with Gasteiger partial charge in [0.2, 0.25) is 0 Å². The summed E-state index contributed by atoms with van der Waals surface area (Å²) in [6.07, 6.45) is 17.5. The zero-order chi connectivity index (χ0) is 36.4. The molecule has 1 aliphatic carbocycles. The molecule has 0 aliphatic heterocycles. The first-order chi connectivity index (χ1) is 26.7. The number of allylic oxidation sites excluding steroid dienone is 5. The SMILES string of the molecule is C=Cc1c(/C=C\C(C)c2ccccc2)c2c3ccccc3c(/C3=c4\cccc\c4=C(/c4ccc5ccccc5c4)C/C=C\C=C/C3)cc2c2ccccc12. The van der Waals surface area contributed by atoms with Crippen molar-refractivity contribution in [2.75, 3.05) is 0 Å². The second-order valence-corrected chi connectivity index (χ2v) is 14.4. The Labute approximate surface area is 317 Å². The van der Waals surface area contributed by atoms with E-state index >= 15 is 0 Å². The molecule has 258 valence electrons. The Morgan fingerprint density at radius 3 is 1.89 bits per heavy atom. The molecular weight excluding hydrogens is 649 g/mol. The third-order valence-electron chi connectivity index (χ3n) is 11.2. The van der Waals surface area contributed by atoms with Crippen molar-refractivity contribution in [3.8, 4) is 0 Å². The van der Waals surface area contributed by atoms with Crippen LogP contribution in [-0.2, 0) is 0 Å². The van der Waals surface area contributed by atoms with Gasteiger partial charge in [-0.05, 0) is 123 Å². The maximum atomic E-state index is 4.36. The van der Waals surface area contributed by atoms with Gasteiger partial charge in [-0.3, -0.25) is 0 Å². The molecule has 1 aliphatic rings. The minimum atomic E-state index is 0.264. The van der Waals surface area contributed by atoms with E-state index in [0.717, 1.165) is 12.8 Å². The van der Waals surface area contributed by atoms with Crippen molar-refractivity contribution in [3.05, 3.63) is 227 Å². The molecular formula is C54H42. The number of hydrogen-bond donors (Lipinski definition) is 0. The number of hydrogen-bond acceptors (Lipinski definition) is 0. The van der Waals surface area contributed by atoms with Crippen molar-refractivity contribution < 1.29 is 0 Å². The summed E-state index contributed by atoms with van der Waals surface area (Å²) in [6.45, 7) is 6.64. The molecule has 9 rings (SSSR count). The highest BCUT2D eigenvalue weighted by Crippen LogP contribution is 2.42. The summed E-state index contributed by atoms with van der Waals surface area (Å²) >= 11 is 0. The van der Waals surface area contributed by atoms with Gasteiger partial charge in [0.25, 0.3) is 0 Å². The summed E-state index contributed by atoms with van der Waals surface area (Å²) < 4.78 is 0. The molecule has 8 aromatic carbocycles. The van der Waals surface area contributed by atoms with E-state index in [2.05, 4.69) is 202 Å².